The minimum absolute atomic E-state index is 0.0601. The van der Waals surface area contributed by atoms with Crippen LogP contribution in [0.1, 0.15) is 30.0 Å². The monoisotopic (exact) mass is 581 g/mol. The number of carboxylic acid groups (broad SMARTS) is 1. The summed E-state index contributed by atoms with van der Waals surface area (Å²) in [5.74, 6) is -1.18. The average Bonchev–Trinajstić information content (AvgIpc) is 3.35. The predicted molar refractivity (Wildman–Crippen MR) is 146 cm³/mol. The highest BCUT2D eigenvalue weighted by Crippen LogP contribution is 2.42. The Morgan fingerprint density at radius 2 is 1.72 bits per heavy atom. The lowest BCUT2D eigenvalue weighted by Crippen LogP contribution is -2.09. The Morgan fingerprint density at radius 3 is 2.28 bits per heavy atom. The van der Waals surface area contributed by atoms with Gasteiger partial charge in [0.1, 0.15) is 0 Å². The second kappa shape index (κ2) is 10.2. The Morgan fingerprint density at radius 1 is 1.08 bits per heavy atom. The number of aromatic nitrogens is 3. The molecule has 2 aromatic heterocycles. The number of carbonyl (C=O) groups is 1. The van der Waals surface area contributed by atoms with E-state index in [0.29, 0.717) is 37.7 Å². The molecular weight excluding hydrogens is 561 g/mol. The molecule has 0 bridgehead atoms. The van der Waals surface area contributed by atoms with Crippen molar-refractivity contribution in [1.29, 1.82) is 0 Å². The molecule has 0 aliphatic rings. The molecular formula is C24H21Cl2N3O4S3. The molecule has 36 heavy (non-hydrogen) atoms. The molecule has 188 valence electrons. The number of rotatable bonds is 7. The third kappa shape index (κ3) is 5.33. The predicted octanol–water partition coefficient (Wildman–Crippen LogP) is 6.88. The van der Waals surface area contributed by atoms with Crippen LogP contribution in [0.25, 0.3) is 27.5 Å². The minimum Gasteiger partial charge on any atom is -0.476 e. The van der Waals surface area contributed by atoms with Crippen molar-refractivity contribution in [2.24, 2.45) is 0 Å². The number of carboxylic acids is 1. The zero-order valence-electron chi connectivity index (χ0n) is 19.6. The molecule has 4 aromatic rings. The molecule has 7 nitrogen and oxygen atoms in total. The van der Waals surface area contributed by atoms with E-state index in [1.54, 1.807) is 43.0 Å². The number of aryl methyl sites for hydroxylation is 1. The second-order valence-electron chi connectivity index (χ2n) is 8.25. The van der Waals surface area contributed by atoms with Gasteiger partial charge < -0.3 is 5.11 Å². The summed E-state index contributed by atoms with van der Waals surface area (Å²) in [6.07, 6.45) is 1.12. The average molecular weight is 583 g/mol. The fourth-order valence-electron chi connectivity index (χ4n) is 3.58. The molecule has 0 atom stereocenters. The summed E-state index contributed by atoms with van der Waals surface area (Å²) < 4.78 is 25.9. The third-order valence-corrected chi connectivity index (χ3v) is 9.25. The van der Waals surface area contributed by atoms with Crippen molar-refractivity contribution in [3.8, 4) is 27.5 Å². The van der Waals surface area contributed by atoms with E-state index in [9.17, 15) is 18.3 Å². The lowest BCUT2D eigenvalue weighted by molar-refractivity contribution is 0.0688. The molecule has 0 aliphatic heterocycles. The number of nitrogens with zero attached hydrogens (tertiary/aromatic N) is 3. The molecule has 4 rings (SSSR count). The van der Waals surface area contributed by atoms with Gasteiger partial charge in [-0.25, -0.2) is 18.2 Å². The first-order valence-electron chi connectivity index (χ1n) is 10.6. The van der Waals surface area contributed by atoms with E-state index in [1.807, 2.05) is 6.07 Å². The molecule has 0 aliphatic carbocycles. The van der Waals surface area contributed by atoms with Crippen LogP contribution < -0.4 is 0 Å². The maximum atomic E-state index is 12.4. The van der Waals surface area contributed by atoms with Crippen LogP contribution >= 0.6 is 46.3 Å². The molecule has 0 unspecified atom stereocenters. The molecule has 1 N–H and O–H groups in total. The lowest BCUT2D eigenvalue weighted by Gasteiger charge is -2.05. The number of hydrogen-bond donors (Lipinski definition) is 1. The summed E-state index contributed by atoms with van der Waals surface area (Å²) in [4.78, 5) is 17.3. The number of thiazole rings is 1. The topological polar surface area (TPSA) is 102 Å². The molecule has 0 saturated carbocycles. The van der Waals surface area contributed by atoms with Gasteiger partial charge in [-0.2, -0.15) is 9.78 Å². The summed E-state index contributed by atoms with van der Waals surface area (Å²) in [7, 11) is -3.39. The van der Waals surface area contributed by atoms with Crippen LogP contribution in [0.5, 0.6) is 0 Å². The van der Waals surface area contributed by atoms with Gasteiger partial charge in [-0.1, -0.05) is 66.6 Å². The second-order valence-corrected chi connectivity index (χ2v) is 13.9. The Hall–Kier alpha value is -2.37. The Bertz CT molecular complexity index is 1580. The Kier molecular flexibility index (Phi) is 7.55. The summed E-state index contributed by atoms with van der Waals surface area (Å²) in [6.45, 7) is 5.82. The maximum absolute atomic E-state index is 12.4. The highest BCUT2D eigenvalue weighted by Gasteiger charge is 2.27. The van der Waals surface area contributed by atoms with E-state index in [1.165, 1.54) is 28.2 Å². The summed E-state index contributed by atoms with van der Waals surface area (Å²) in [5, 5.41) is 16.1. The standard InChI is InChI=1S/C24H21Cl2N3O4S3/c1-12(2)34-23-20(15-7-10-17(25)18(26)11-15)27-24(35-23)29-21(22(30)31)19(13(3)28-29)14-5-8-16(9-6-14)36(4,32)33/h5-12H,1-4H3,(H,30,31). The van der Waals surface area contributed by atoms with Crippen LogP contribution in [-0.2, 0) is 9.84 Å². The molecule has 0 fully saturated rings. The number of sulfone groups is 1. The molecule has 0 spiro atoms. The number of aromatic carboxylic acids is 1. The van der Waals surface area contributed by atoms with E-state index >= 15 is 0 Å². The number of halogens is 2. The van der Waals surface area contributed by atoms with Crippen LogP contribution in [-0.4, -0.2) is 45.8 Å². The highest BCUT2D eigenvalue weighted by molar-refractivity contribution is 8.01. The zero-order chi connectivity index (χ0) is 26.4. The fourth-order valence-corrected chi connectivity index (χ4v) is 6.99. The van der Waals surface area contributed by atoms with Gasteiger partial charge in [0.2, 0.25) is 5.13 Å². The SMILES string of the molecule is Cc1nn(-c2nc(-c3ccc(Cl)c(Cl)c3)c(SC(C)C)s2)c(C(=O)O)c1-c1ccc(S(C)(=O)=O)cc1. The first-order valence-corrected chi connectivity index (χ1v) is 15.0. The van der Waals surface area contributed by atoms with Gasteiger partial charge in [0.15, 0.2) is 15.5 Å². The van der Waals surface area contributed by atoms with Crippen molar-refractivity contribution in [1.82, 2.24) is 14.8 Å². The Labute approximate surface area is 227 Å². The van der Waals surface area contributed by atoms with Crippen LogP contribution in [0.3, 0.4) is 0 Å². The minimum atomic E-state index is -3.39. The van der Waals surface area contributed by atoms with Crippen molar-refractivity contribution in [2.75, 3.05) is 6.26 Å². The van der Waals surface area contributed by atoms with E-state index in [0.717, 1.165) is 16.0 Å². The van der Waals surface area contributed by atoms with Gasteiger partial charge in [0.25, 0.3) is 0 Å². The van der Waals surface area contributed by atoms with Crippen LogP contribution in [0.15, 0.2) is 51.6 Å². The zero-order valence-corrected chi connectivity index (χ0v) is 23.6. The number of hydrogen-bond acceptors (Lipinski definition) is 7. The maximum Gasteiger partial charge on any atom is 0.355 e. The lowest BCUT2D eigenvalue weighted by atomic mass is 10.0. The summed E-state index contributed by atoms with van der Waals surface area (Å²) in [5.41, 5.74) is 2.77. The van der Waals surface area contributed by atoms with Gasteiger partial charge in [0.05, 0.1) is 30.5 Å². The first kappa shape index (κ1) is 26.7. The van der Waals surface area contributed by atoms with Gasteiger partial charge in [-0.15, -0.1) is 11.8 Å². The van der Waals surface area contributed by atoms with Crippen molar-refractivity contribution in [3.05, 3.63) is 63.9 Å². The van der Waals surface area contributed by atoms with E-state index in [-0.39, 0.29) is 15.8 Å². The Balaban J connectivity index is 1.89. The van der Waals surface area contributed by atoms with Gasteiger partial charge in [-0.05, 0) is 36.8 Å². The largest absolute Gasteiger partial charge is 0.476 e. The van der Waals surface area contributed by atoms with Crippen LogP contribution in [0.4, 0.5) is 0 Å². The van der Waals surface area contributed by atoms with E-state index < -0.39 is 15.8 Å². The number of benzene rings is 2. The highest BCUT2D eigenvalue weighted by atomic mass is 35.5. The van der Waals surface area contributed by atoms with Crippen molar-refractivity contribution < 1.29 is 18.3 Å². The fraction of sp³-hybridized carbons (Fsp3) is 0.208. The first-order chi connectivity index (χ1) is 16.9. The van der Waals surface area contributed by atoms with Gasteiger partial charge in [0, 0.05) is 22.6 Å². The number of thioether (sulfide) groups is 1. The van der Waals surface area contributed by atoms with Crippen LogP contribution in [0.2, 0.25) is 10.0 Å². The van der Waals surface area contributed by atoms with Gasteiger partial charge >= 0.3 is 5.97 Å². The van der Waals surface area contributed by atoms with Crippen LogP contribution in [0, 0.1) is 6.92 Å². The molecule has 2 heterocycles. The molecule has 2 aromatic carbocycles. The molecule has 12 heteroatoms. The van der Waals surface area contributed by atoms with Gasteiger partial charge in [-0.3, -0.25) is 0 Å². The third-order valence-electron chi connectivity index (χ3n) is 5.14. The quantitative estimate of drug-likeness (QED) is 0.237. The van der Waals surface area contributed by atoms with Crippen molar-refractivity contribution >= 4 is 62.1 Å². The summed E-state index contributed by atoms with van der Waals surface area (Å²) in [6, 6.07) is 11.3. The smallest absolute Gasteiger partial charge is 0.355 e. The molecule has 0 saturated heterocycles. The van der Waals surface area contributed by atoms with Crippen molar-refractivity contribution in [2.45, 2.75) is 35.1 Å². The van der Waals surface area contributed by atoms with E-state index in [2.05, 4.69) is 18.9 Å². The van der Waals surface area contributed by atoms with Crippen molar-refractivity contribution in [3.63, 3.8) is 0 Å². The van der Waals surface area contributed by atoms with E-state index in [4.69, 9.17) is 28.2 Å². The molecule has 0 radical (unpaired) electrons. The summed E-state index contributed by atoms with van der Waals surface area (Å²) >= 11 is 15.3. The molecule has 0 amide bonds. The normalized spacial score (nSPS) is 11.9.